The van der Waals surface area contributed by atoms with Crippen molar-refractivity contribution < 1.29 is 19.1 Å². The second-order valence-electron chi connectivity index (χ2n) is 6.82. The number of nitrogens with one attached hydrogen (secondary N) is 2. The predicted octanol–water partition coefficient (Wildman–Crippen LogP) is 3.07. The lowest BCUT2D eigenvalue weighted by Crippen LogP contribution is -2.43. The summed E-state index contributed by atoms with van der Waals surface area (Å²) in [6.45, 7) is 4.39. The van der Waals surface area contributed by atoms with Gasteiger partial charge in [0.1, 0.15) is 17.5 Å². The van der Waals surface area contributed by atoms with Gasteiger partial charge in [-0.2, -0.15) is 5.10 Å². The van der Waals surface area contributed by atoms with E-state index in [2.05, 4.69) is 22.8 Å². The first kappa shape index (κ1) is 22.9. The number of hydrogen-bond acceptors (Lipinski definition) is 5. The Morgan fingerprint density at radius 3 is 2.60 bits per heavy atom. The van der Waals surface area contributed by atoms with Crippen molar-refractivity contribution in [3.8, 4) is 11.5 Å². The van der Waals surface area contributed by atoms with Crippen LogP contribution in [-0.2, 0) is 16.0 Å². The molecule has 160 valence electrons. The molecule has 2 aromatic carbocycles. The van der Waals surface area contributed by atoms with Crippen LogP contribution in [0.15, 0.2) is 53.6 Å². The fourth-order valence-electron chi connectivity index (χ4n) is 2.57. The van der Waals surface area contributed by atoms with Crippen LogP contribution in [0, 0.1) is 0 Å². The highest BCUT2D eigenvalue weighted by atomic mass is 16.5. The van der Waals surface area contributed by atoms with Crippen LogP contribution in [0.3, 0.4) is 0 Å². The molecule has 0 radical (unpaired) electrons. The van der Waals surface area contributed by atoms with Crippen LogP contribution < -0.4 is 20.2 Å². The minimum Gasteiger partial charge on any atom is -0.497 e. The van der Waals surface area contributed by atoms with Crippen molar-refractivity contribution in [2.45, 2.75) is 39.2 Å². The molecule has 1 atom stereocenters. The Bertz CT molecular complexity index is 850. The molecule has 0 fully saturated rings. The van der Waals surface area contributed by atoms with Crippen molar-refractivity contribution in [3.63, 3.8) is 0 Å². The van der Waals surface area contributed by atoms with Gasteiger partial charge in [0.2, 0.25) is 5.91 Å². The molecule has 0 aliphatic heterocycles. The van der Waals surface area contributed by atoms with Crippen molar-refractivity contribution >= 4 is 18.0 Å². The van der Waals surface area contributed by atoms with Crippen molar-refractivity contribution in [1.29, 1.82) is 0 Å². The normalized spacial score (nSPS) is 11.7. The molecular weight excluding hydrogens is 382 g/mol. The zero-order valence-electron chi connectivity index (χ0n) is 17.7. The maximum absolute atomic E-state index is 12.2. The van der Waals surface area contributed by atoms with Gasteiger partial charge in [-0.15, -0.1) is 0 Å². The molecule has 0 bridgehead atoms. The molecule has 2 amide bonds. The number of methoxy groups -OCH3 is 1. The molecule has 2 aromatic rings. The van der Waals surface area contributed by atoms with Crippen molar-refractivity contribution in [2.75, 3.05) is 13.7 Å². The number of hydrogen-bond donors (Lipinski definition) is 2. The number of unbranched alkanes of at least 4 members (excludes halogenated alkanes) is 1. The zero-order valence-corrected chi connectivity index (χ0v) is 17.7. The van der Waals surface area contributed by atoms with Gasteiger partial charge in [0.05, 0.1) is 26.4 Å². The Balaban J connectivity index is 1.79. The highest BCUT2D eigenvalue weighted by Gasteiger charge is 2.15. The van der Waals surface area contributed by atoms with Gasteiger partial charge in [0.25, 0.3) is 5.91 Å². The Labute approximate surface area is 177 Å². The lowest BCUT2D eigenvalue weighted by Gasteiger charge is -2.12. The molecule has 0 saturated carbocycles. The fourth-order valence-corrected chi connectivity index (χ4v) is 2.57. The molecule has 30 heavy (non-hydrogen) atoms. The Hall–Kier alpha value is -3.35. The van der Waals surface area contributed by atoms with E-state index in [1.807, 2.05) is 36.4 Å². The van der Waals surface area contributed by atoms with E-state index >= 15 is 0 Å². The van der Waals surface area contributed by atoms with E-state index < -0.39 is 11.9 Å². The van der Waals surface area contributed by atoms with Gasteiger partial charge in [-0.25, -0.2) is 5.43 Å². The maximum atomic E-state index is 12.2. The fraction of sp³-hybridized carbons (Fsp3) is 0.348. The predicted molar refractivity (Wildman–Crippen MR) is 117 cm³/mol. The summed E-state index contributed by atoms with van der Waals surface area (Å²) in [4.78, 5) is 24.3. The number of rotatable bonds is 11. The number of carbonyl (C=O) groups is 2. The number of nitrogens with zero attached hydrogens (tertiary/aromatic N) is 1. The van der Waals surface area contributed by atoms with Crippen LogP contribution in [0.25, 0.3) is 0 Å². The van der Waals surface area contributed by atoms with Crippen LogP contribution in [0.1, 0.15) is 37.8 Å². The molecule has 1 unspecified atom stereocenters. The van der Waals surface area contributed by atoms with Gasteiger partial charge in [0.15, 0.2) is 0 Å². The third kappa shape index (κ3) is 7.95. The molecule has 0 saturated heterocycles. The van der Waals surface area contributed by atoms with Crippen LogP contribution in [0.5, 0.6) is 11.5 Å². The lowest BCUT2D eigenvalue weighted by molar-refractivity contribution is -0.128. The van der Waals surface area contributed by atoms with Gasteiger partial charge in [-0.3, -0.25) is 9.59 Å². The molecule has 0 aliphatic rings. The number of amides is 2. The van der Waals surface area contributed by atoms with E-state index in [1.54, 1.807) is 26.2 Å². The third-order valence-electron chi connectivity index (χ3n) is 4.31. The second kappa shape index (κ2) is 12.3. The molecule has 2 rings (SSSR count). The standard InChI is InChI=1S/C23H29N3O4/c1-4-5-13-30-21-8-6-7-19(14-21)16-24-26-23(28)17(2)25-22(27)15-18-9-11-20(29-3)12-10-18/h6-12,14,16-17H,4-5,13,15H2,1-3H3,(H,25,27)(H,26,28). The monoisotopic (exact) mass is 411 g/mol. The average molecular weight is 412 g/mol. The Morgan fingerprint density at radius 1 is 1.13 bits per heavy atom. The van der Waals surface area contributed by atoms with Crippen LogP contribution in [0.2, 0.25) is 0 Å². The summed E-state index contributed by atoms with van der Waals surface area (Å²) in [7, 11) is 1.59. The summed E-state index contributed by atoms with van der Waals surface area (Å²) in [5, 5.41) is 6.63. The van der Waals surface area contributed by atoms with Crippen LogP contribution in [0.4, 0.5) is 0 Å². The number of carbonyl (C=O) groups excluding carboxylic acids is 2. The Morgan fingerprint density at radius 2 is 1.90 bits per heavy atom. The van der Waals surface area contributed by atoms with Crippen molar-refractivity contribution in [3.05, 3.63) is 59.7 Å². The number of ether oxygens (including phenoxy) is 2. The second-order valence-corrected chi connectivity index (χ2v) is 6.82. The first-order valence-electron chi connectivity index (χ1n) is 10.00. The molecule has 0 aromatic heterocycles. The molecule has 0 heterocycles. The minimum absolute atomic E-state index is 0.176. The van der Waals surface area contributed by atoms with E-state index in [1.165, 1.54) is 6.21 Å². The zero-order chi connectivity index (χ0) is 21.8. The van der Waals surface area contributed by atoms with E-state index in [0.717, 1.165) is 35.5 Å². The van der Waals surface area contributed by atoms with E-state index in [4.69, 9.17) is 9.47 Å². The van der Waals surface area contributed by atoms with Gasteiger partial charge < -0.3 is 14.8 Å². The summed E-state index contributed by atoms with van der Waals surface area (Å²) >= 11 is 0. The smallest absolute Gasteiger partial charge is 0.262 e. The average Bonchev–Trinajstić information content (AvgIpc) is 2.74. The lowest BCUT2D eigenvalue weighted by atomic mass is 10.1. The molecule has 7 heteroatoms. The topological polar surface area (TPSA) is 89.0 Å². The van der Waals surface area contributed by atoms with Crippen molar-refractivity contribution in [2.24, 2.45) is 5.10 Å². The SMILES string of the molecule is CCCCOc1cccc(C=NNC(=O)C(C)NC(=O)Cc2ccc(OC)cc2)c1. The van der Waals surface area contributed by atoms with Gasteiger partial charge in [-0.1, -0.05) is 37.6 Å². The van der Waals surface area contributed by atoms with Crippen LogP contribution >= 0.6 is 0 Å². The molecular formula is C23H29N3O4. The molecule has 7 nitrogen and oxygen atoms in total. The van der Waals surface area contributed by atoms with Crippen molar-refractivity contribution in [1.82, 2.24) is 10.7 Å². The number of hydrazone groups is 1. The summed E-state index contributed by atoms with van der Waals surface area (Å²) in [6, 6.07) is 14.0. The summed E-state index contributed by atoms with van der Waals surface area (Å²) in [5.41, 5.74) is 4.08. The van der Waals surface area contributed by atoms with Crippen LogP contribution in [-0.4, -0.2) is 37.8 Å². The molecule has 0 aliphatic carbocycles. The number of benzene rings is 2. The highest BCUT2D eigenvalue weighted by molar-refractivity contribution is 5.89. The third-order valence-corrected chi connectivity index (χ3v) is 4.31. The molecule has 0 spiro atoms. The van der Waals surface area contributed by atoms with E-state index in [0.29, 0.717) is 6.61 Å². The van der Waals surface area contributed by atoms with E-state index in [-0.39, 0.29) is 12.3 Å². The largest absolute Gasteiger partial charge is 0.497 e. The Kier molecular flexibility index (Phi) is 9.37. The summed E-state index contributed by atoms with van der Waals surface area (Å²) < 4.78 is 10.7. The first-order valence-corrected chi connectivity index (χ1v) is 10.00. The highest BCUT2D eigenvalue weighted by Crippen LogP contribution is 2.13. The molecule has 2 N–H and O–H groups in total. The van der Waals surface area contributed by atoms with Gasteiger partial charge in [0, 0.05) is 0 Å². The summed E-state index contributed by atoms with van der Waals surface area (Å²) in [6.07, 6.45) is 3.78. The first-order chi connectivity index (χ1) is 14.5. The van der Waals surface area contributed by atoms with E-state index in [9.17, 15) is 9.59 Å². The summed E-state index contributed by atoms with van der Waals surface area (Å²) in [5.74, 6) is 0.842. The minimum atomic E-state index is -0.711. The maximum Gasteiger partial charge on any atom is 0.262 e. The van der Waals surface area contributed by atoms with Gasteiger partial charge >= 0.3 is 0 Å². The van der Waals surface area contributed by atoms with Gasteiger partial charge in [-0.05, 0) is 48.7 Å². The quantitative estimate of drug-likeness (QED) is 0.338.